The van der Waals surface area contributed by atoms with Gasteiger partial charge >= 0.3 is 0 Å². The standard InChI is InChI=1S/C11H17NO2/c1-2-9-4-3-5-11(6-9)14-8-10(12)7-13/h3-6,10,13H,2,7-8,12H2,1H3. The SMILES string of the molecule is CCc1cccc(OCC(N)CO)c1. The zero-order chi connectivity index (χ0) is 10.4. The van der Waals surface area contributed by atoms with Gasteiger partial charge in [0.1, 0.15) is 12.4 Å². The van der Waals surface area contributed by atoms with Crippen molar-refractivity contribution < 1.29 is 9.84 Å². The number of aliphatic hydroxyl groups is 1. The maximum absolute atomic E-state index is 8.71. The molecular weight excluding hydrogens is 178 g/mol. The van der Waals surface area contributed by atoms with Crippen LogP contribution in [-0.4, -0.2) is 24.4 Å². The third-order valence-corrected chi connectivity index (χ3v) is 2.01. The first-order valence-corrected chi connectivity index (χ1v) is 4.84. The number of hydrogen-bond donors (Lipinski definition) is 2. The summed E-state index contributed by atoms with van der Waals surface area (Å²) < 4.78 is 5.42. The molecule has 1 unspecified atom stereocenters. The van der Waals surface area contributed by atoms with Crippen molar-refractivity contribution in [2.24, 2.45) is 5.73 Å². The molecule has 78 valence electrons. The lowest BCUT2D eigenvalue weighted by Crippen LogP contribution is -2.31. The normalized spacial score (nSPS) is 12.5. The fourth-order valence-corrected chi connectivity index (χ4v) is 1.11. The van der Waals surface area contributed by atoms with Crippen LogP contribution in [0.1, 0.15) is 12.5 Å². The molecule has 3 heteroatoms. The third-order valence-electron chi connectivity index (χ3n) is 2.01. The van der Waals surface area contributed by atoms with E-state index in [9.17, 15) is 0 Å². The molecule has 0 fully saturated rings. The van der Waals surface area contributed by atoms with Crippen LogP contribution < -0.4 is 10.5 Å². The summed E-state index contributed by atoms with van der Waals surface area (Å²) in [5.74, 6) is 0.813. The van der Waals surface area contributed by atoms with E-state index in [0.717, 1.165) is 12.2 Å². The lowest BCUT2D eigenvalue weighted by Gasteiger charge is -2.10. The Morgan fingerprint density at radius 1 is 1.50 bits per heavy atom. The fourth-order valence-electron chi connectivity index (χ4n) is 1.11. The molecule has 1 atom stereocenters. The van der Waals surface area contributed by atoms with Gasteiger partial charge in [-0.15, -0.1) is 0 Å². The van der Waals surface area contributed by atoms with E-state index in [4.69, 9.17) is 15.6 Å². The first kappa shape index (κ1) is 11.0. The summed E-state index contributed by atoms with van der Waals surface area (Å²) in [4.78, 5) is 0. The van der Waals surface area contributed by atoms with Crippen LogP contribution in [0.4, 0.5) is 0 Å². The average molecular weight is 195 g/mol. The zero-order valence-corrected chi connectivity index (χ0v) is 8.44. The second-order valence-corrected chi connectivity index (χ2v) is 3.25. The van der Waals surface area contributed by atoms with Crippen LogP contribution in [0.3, 0.4) is 0 Å². The number of benzene rings is 1. The van der Waals surface area contributed by atoms with Crippen LogP contribution in [0, 0.1) is 0 Å². The Balaban J connectivity index is 2.50. The summed E-state index contributed by atoms with van der Waals surface area (Å²) >= 11 is 0. The van der Waals surface area contributed by atoms with Crippen LogP contribution in [0.5, 0.6) is 5.75 Å². The molecule has 0 saturated heterocycles. The first-order valence-electron chi connectivity index (χ1n) is 4.84. The highest BCUT2D eigenvalue weighted by atomic mass is 16.5. The number of aryl methyl sites for hydroxylation is 1. The predicted molar refractivity (Wildman–Crippen MR) is 56.4 cm³/mol. The molecule has 0 amide bonds. The van der Waals surface area contributed by atoms with Gasteiger partial charge in [0.05, 0.1) is 12.6 Å². The molecule has 0 radical (unpaired) electrons. The van der Waals surface area contributed by atoms with Crippen molar-refractivity contribution in [3.05, 3.63) is 29.8 Å². The van der Waals surface area contributed by atoms with Gasteiger partial charge in [0.25, 0.3) is 0 Å². The molecule has 1 aromatic carbocycles. The molecule has 3 N–H and O–H groups in total. The van der Waals surface area contributed by atoms with E-state index in [1.807, 2.05) is 18.2 Å². The Hall–Kier alpha value is -1.06. The van der Waals surface area contributed by atoms with E-state index >= 15 is 0 Å². The molecule has 3 nitrogen and oxygen atoms in total. The summed E-state index contributed by atoms with van der Waals surface area (Å²) in [6, 6.07) is 7.59. The predicted octanol–water partition coefficient (Wildman–Crippen LogP) is 0.947. The van der Waals surface area contributed by atoms with Gasteiger partial charge in [-0.3, -0.25) is 0 Å². The van der Waals surface area contributed by atoms with E-state index in [1.165, 1.54) is 5.56 Å². The summed E-state index contributed by atoms with van der Waals surface area (Å²) in [5.41, 5.74) is 6.75. The maximum Gasteiger partial charge on any atom is 0.119 e. The van der Waals surface area contributed by atoms with Gasteiger partial charge in [-0.25, -0.2) is 0 Å². The van der Waals surface area contributed by atoms with E-state index in [0.29, 0.717) is 6.61 Å². The summed E-state index contributed by atoms with van der Waals surface area (Å²) in [5, 5.41) is 8.71. The Kier molecular flexibility index (Phi) is 4.43. The van der Waals surface area contributed by atoms with Gasteiger partial charge in [-0.05, 0) is 24.1 Å². The van der Waals surface area contributed by atoms with E-state index in [2.05, 4.69) is 13.0 Å². The minimum absolute atomic E-state index is 0.0481. The van der Waals surface area contributed by atoms with Crippen molar-refractivity contribution in [1.82, 2.24) is 0 Å². The number of rotatable bonds is 5. The van der Waals surface area contributed by atoms with Crippen molar-refractivity contribution >= 4 is 0 Å². The van der Waals surface area contributed by atoms with Crippen LogP contribution >= 0.6 is 0 Å². The number of nitrogens with two attached hydrogens (primary N) is 1. The summed E-state index contributed by atoms with van der Waals surface area (Å²) in [6.07, 6.45) is 0.989. The van der Waals surface area contributed by atoms with Gasteiger partial charge in [-0.1, -0.05) is 19.1 Å². The van der Waals surface area contributed by atoms with Crippen LogP contribution in [0.15, 0.2) is 24.3 Å². The van der Waals surface area contributed by atoms with Crippen molar-refractivity contribution in [1.29, 1.82) is 0 Å². The molecule has 0 bridgehead atoms. The minimum atomic E-state index is -0.305. The lowest BCUT2D eigenvalue weighted by molar-refractivity contribution is 0.206. The average Bonchev–Trinajstić information content (AvgIpc) is 2.26. The second kappa shape index (κ2) is 5.62. The second-order valence-electron chi connectivity index (χ2n) is 3.25. The Labute approximate surface area is 84.5 Å². The van der Waals surface area contributed by atoms with Gasteiger partial charge in [-0.2, -0.15) is 0 Å². The molecule has 0 heterocycles. The highest BCUT2D eigenvalue weighted by molar-refractivity contribution is 5.28. The molecular formula is C11H17NO2. The van der Waals surface area contributed by atoms with Gasteiger partial charge < -0.3 is 15.6 Å². The van der Waals surface area contributed by atoms with Gasteiger partial charge in [0.2, 0.25) is 0 Å². The fraction of sp³-hybridized carbons (Fsp3) is 0.455. The largest absolute Gasteiger partial charge is 0.492 e. The highest BCUT2D eigenvalue weighted by Crippen LogP contribution is 2.13. The van der Waals surface area contributed by atoms with Crippen LogP contribution in [0.2, 0.25) is 0 Å². The van der Waals surface area contributed by atoms with E-state index in [-0.39, 0.29) is 12.6 Å². The summed E-state index contributed by atoms with van der Waals surface area (Å²) in [7, 11) is 0. The number of hydrogen-bond acceptors (Lipinski definition) is 3. The molecule has 14 heavy (non-hydrogen) atoms. The minimum Gasteiger partial charge on any atom is -0.492 e. The molecule has 0 aliphatic carbocycles. The number of ether oxygens (including phenoxy) is 1. The first-order chi connectivity index (χ1) is 6.76. The monoisotopic (exact) mass is 195 g/mol. The maximum atomic E-state index is 8.71. The molecule has 1 aromatic rings. The van der Waals surface area contributed by atoms with Crippen LogP contribution in [0.25, 0.3) is 0 Å². The van der Waals surface area contributed by atoms with Crippen molar-refractivity contribution in [2.75, 3.05) is 13.2 Å². The number of aliphatic hydroxyl groups excluding tert-OH is 1. The highest BCUT2D eigenvalue weighted by Gasteiger charge is 2.01. The van der Waals surface area contributed by atoms with Crippen molar-refractivity contribution in [3.63, 3.8) is 0 Å². The Morgan fingerprint density at radius 3 is 2.93 bits per heavy atom. The Morgan fingerprint density at radius 2 is 2.29 bits per heavy atom. The zero-order valence-electron chi connectivity index (χ0n) is 8.44. The molecule has 0 saturated carbocycles. The van der Waals surface area contributed by atoms with Crippen LogP contribution in [-0.2, 0) is 6.42 Å². The smallest absolute Gasteiger partial charge is 0.119 e. The third kappa shape index (κ3) is 3.36. The van der Waals surface area contributed by atoms with Gasteiger partial charge in [0.15, 0.2) is 0 Å². The molecule has 0 aliphatic heterocycles. The van der Waals surface area contributed by atoms with Gasteiger partial charge in [0, 0.05) is 0 Å². The topological polar surface area (TPSA) is 55.5 Å². The lowest BCUT2D eigenvalue weighted by atomic mass is 10.2. The molecule has 1 rings (SSSR count). The molecule has 0 spiro atoms. The van der Waals surface area contributed by atoms with E-state index in [1.54, 1.807) is 0 Å². The quantitative estimate of drug-likeness (QED) is 0.735. The van der Waals surface area contributed by atoms with Crippen molar-refractivity contribution in [2.45, 2.75) is 19.4 Å². The summed E-state index contributed by atoms with van der Waals surface area (Å²) in [6.45, 7) is 2.40. The van der Waals surface area contributed by atoms with Crippen molar-refractivity contribution in [3.8, 4) is 5.75 Å². The van der Waals surface area contributed by atoms with E-state index < -0.39 is 0 Å². The molecule has 0 aliphatic rings. The Bertz CT molecular complexity index is 276. The molecule has 0 aromatic heterocycles.